The average molecular weight is 266 g/mol. The molecule has 1 fully saturated rings. The van der Waals surface area contributed by atoms with Crippen molar-refractivity contribution in [1.82, 2.24) is 20.2 Å². The van der Waals surface area contributed by atoms with Crippen molar-refractivity contribution in [3.05, 3.63) is 17.7 Å². The summed E-state index contributed by atoms with van der Waals surface area (Å²) in [4.78, 5) is 10.2. The summed E-state index contributed by atoms with van der Waals surface area (Å²) in [6.45, 7) is 9.21. The zero-order valence-electron chi connectivity index (χ0n) is 11.2. The van der Waals surface area contributed by atoms with Gasteiger partial charge >= 0.3 is 0 Å². The van der Waals surface area contributed by atoms with Crippen LogP contribution in [0.15, 0.2) is 6.33 Å². The van der Waals surface area contributed by atoms with Crippen molar-refractivity contribution in [2.75, 3.05) is 25.4 Å². The molecule has 1 atom stereocenters. The third kappa shape index (κ3) is 2.73. The quantitative estimate of drug-likeness (QED) is 0.845. The van der Waals surface area contributed by atoms with Gasteiger partial charge in [0.1, 0.15) is 0 Å². The first kappa shape index (κ1) is 12.5. The number of fused-ring (bicyclic) bond motifs is 1. The number of nitrogens with zero attached hydrogens (tertiary/aromatic N) is 2. The maximum atomic E-state index is 4.41. The lowest BCUT2D eigenvalue weighted by Crippen LogP contribution is -2.50. The molecule has 2 N–H and O–H groups in total. The number of nitrogens with one attached hydrogen (secondary N) is 2. The van der Waals surface area contributed by atoms with Gasteiger partial charge in [-0.2, -0.15) is 11.8 Å². The van der Waals surface area contributed by atoms with Crippen molar-refractivity contribution in [2.24, 2.45) is 0 Å². The number of thioether (sulfide) groups is 1. The summed E-state index contributed by atoms with van der Waals surface area (Å²) in [6.07, 6.45) is 2.87. The molecule has 100 valence electrons. The van der Waals surface area contributed by atoms with E-state index >= 15 is 0 Å². The Morgan fingerprint density at radius 2 is 2.44 bits per heavy atom. The SMILES string of the molecule is CC1(C)CN(CC2Cc3nc[nH]c3CN2)CCS1. The van der Waals surface area contributed by atoms with Gasteiger partial charge in [0.05, 0.1) is 17.7 Å². The van der Waals surface area contributed by atoms with Crippen LogP contribution in [-0.4, -0.2) is 51.0 Å². The van der Waals surface area contributed by atoms with Crippen molar-refractivity contribution in [1.29, 1.82) is 0 Å². The number of aromatic amines is 1. The second-order valence-electron chi connectivity index (χ2n) is 5.95. The summed E-state index contributed by atoms with van der Waals surface area (Å²) in [5.74, 6) is 1.26. The fourth-order valence-electron chi connectivity index (χ4n) is 2.94. The Labute approximate surface area is 113 Å². The molecule has 0 spiro atoms. The molecule has 1 aromatic heterocycles. The van der Waals surface area contributed by atoms with E-state index in [1.165, 1.54) is 30.2 Å². The molecular weight excluding hydrogens is 244 g/mol. The Morgan fingerprint density at radius 3 is 3.28 bits per heavy atom. The zero-order chi connectivity index (χ0) is 12.6. The lowest BCUT2D eigenvalue weighted by Gasteiger charge is -2.39. The van der Waals surface area contributed by atoms with E-state index < -0.39 is 0 Å². The smallest absolute Gasteiger partial charge is 0.0925 e. The Balaban J connectivity index is 1.58. The highest BCUT2D eigenvalue weighted by Crippen LogP contribution is 2.29. The number of rotatable bonds is 2. The first-order chi connectivity index (χ1) is 8.62. The van der Waals surface area contributed by atoms with Crippen LogP contribution in [0, 0.1) is 0 Å². The Bertz CT molecular complexity index is 415. The van der Waals surface area contributed by atoms with Crippen LogP contribution in [0.2, 0.25) is 0 Å². The Hall–Kier alpha value is -0.520. The fourth-order valence-corrected chi connectivity index (χ4v) is 4.12. The Morgan fingerprint density at radius 1 is 1.56 bits per heavy atom. The molecule has 2 aliphatic heterocycles. The monoisotopic (exact) mass is 266 g/mol. The second kappa shape index (κ2) is 4.87. The van der Waals surface area contributed by atoms with E-state index in [1.807, 2.05) is 6.33 Å². The van der Waals surface area contributed by atoms with Crippen molar-refractivity contribution < 1.29 is 0 Å². The molecule has 0 amide bonds. The fraction of sp³-hybridized carbons (Fsp3) is 0.769. The normalized spacial score (nSPS) is 28.0. The number of aromatic nitrogens is 2. The standard InChI is InChI=1S/C13H22N4S/c1-13(2)8-17(3-4-18-13)7-10-5-11-12(6-14-10)16-9-15-11/h9-10,14H,3-8H2,1-2H3,(H,15,16). The van der Waals surface area contributed by atoms with Crippen LogP contribution in [-0.2, 0) is 13.0 Å². The van der Waals surface area contributed by atoms with E-state index in [1.54, 1.807) is 0 Å². The van der Waals surface area contributed by atoms with Crippen LogP contribution in [0.1, 0.15) is 25.2 Å². The molecule has 1 saturated heterocycles. The van der Waals surface area contributed by atoms with E-state index in [9.17, 15) is 0 Å². The van der Waals surface area contributed by atoms with Crippen molar-refractivity contribution in [2.45, 2.75) is 37.6 Å². The van der Waals surface area contributed by atoms with E-state index in [0.29, 0.717) is 10.8 Å². The molecule has 1 aromatic rings. The van der Waals surface area contributed by atoms with E-state index in [2.05, 4.69) is 45.8 Å². The summed E-state index contributed by atoms with van der Waals surface area (Å²) in [5, 5.41) is 3.62. The van der Waals surface area contributed by atoms with E-state index in [-0.39, 0.29) is 0 Å². The summed E-state index contributed by atoms with van der Waals surface area (Å²) in [6, 6.07) is 0.555. The average Bonchev–Trinajstić information content (AvgIpc) is 2.74. The minimum Gasteiger partial charge on any atom is -0.347 e. The maximum absolute atomic E-state index is 4.41. The van der Waals surface area contributed by atoms with Gasteiger partial charge in [0.25, 0.3) is 0 Å². The number of imidazole rings is 1. The topological polar surface area (TPSA) is 44.0 Å². The lowest BCUT2D eigenvalue weighted by molar-refractivity contribution is 0.225. The largest absolute Gasteiger partial charge is 0.347 e. The third-order valence-corrected chi connectivity index (χ3v) is 5.10. The van der Waals surface area contributed by atoms with Crippen LogP contribution >= 0.6 is 11.8 Å². The van der Waals surface area contributed by atoms with Gasteiger partial charge in [-0.1, -0.05) is 0 Å². The first-order valence-corrected chi connectivity index (χ1v) is 7.72. The van der Waals surface area contributed by atoms with Crippen LogP contribution < -0.4 is 5.32 Å². The molecule has 0 bridgehead atoms. The predicted molar refractivity (Wildman–Crippen MR) is 75.9 cm³/mol. The van der Waals surface area contributed by atoms with Gasteiger partial charge in [0, 0.05) is 49.1 Å². The van der Waals surface area contributed by atoms with Gasteiger partial charge in [-0.15, -0.1) is 0 Å². The minimum atomic E-state index is 0.407. The molecule has 0 aliphatic carbocycles. The zero-order valence-corrected chi connectivity index (χ0v) is 12.0. The summed E-state index contributed by atoms with van der Waals surface area (Å²) in [5.41, 5.74) is 2.52. The van der Waals surface area contributed by atoms with Crippen LogP contribution in [0.25, 0.3) is 0 Å². The van der Waals surface area contributed by atoms with Gasteiger partial charge < -0.3 is 10.3 Å². The molecule has 4 nitrogen and oxygen atoms in total. The van der Waals surface area contributed by atoms with Gasteiger partial charge in [-0.25, -0.2) is 4.98 Å². The molecule has 0 radical (unpaired) electrons. The van der Waals surface area contributed by atoms with Crippen molar-refractivity contribution in [3.8, 4) is 0 Å². The molecule has 3 rings (SSSR count). The molecule has 0 aromatic carbocycles. The third-order valence-electron chi connectivity index (χ3n) is 3.80. The number of hydrogen-bond acceptors (Lipinski definition) is 4. The van der Waals surface area contributed by atoms with Gasteiger partial charge in [-0.05, 0) is 13.8 Å². The van der Waals surface area contributed by atoms with Crippen LogP contribution in [0.4, 0.5) is 0 Å². The van der Waals surface area contributed by atoms with Crippen LogP contribution in [0.5, 0.6) is 0 Å². The van der Waals surface area contributed by atoms with Gasteiger partial charge in [-0.3, -0.25) is 4.90 Å². The predicted octanol–water partition coefficient (Wildman–Crippen LogP) is 1.25. The molecule has 3 heterocycles. The Kier molecular flexibility index (Phi) is 3.38. The van der Waals surface area contributed by atoms with Crippen molar-refractivity contribution >= 4 is 11.8 Å². The maximum Gasteiger partial charge on any atom is 0.0925 e. The highest BCUT2D eigenvalue weighted by atomic mass is 32.2. The molecular formula is C13H22N4S. The number of H-pyrrole nitrogens is 1. The summed E-state index contributed by atoms with van der Waals surface area (Å²) in [7, 11) is 0. The van der Waals surface area contributed by atoms with Crippen LogP contribution in [0.3, 0.4) is 0 Å². The molecule has 0 saturated carbocycles. The van der Waals surface area contributed by atoms with Crippen molar-refractivity contribution in [3.63, 3.8) is 0 Å². The highest BCUT2D eigenvalue weighted by molar-refractivity contribution is 8.00. The van der Waals surface area contributed by atoms with E-state index in [0.717, 1.165) is 19.5 Å². The summed E-state index contributed by atoms with van der Waals surface area (Å²) >= 11 is 2.10. The molecule has 5 heteroatoms. The highest BCUT2D eigenvalue weighted by Gasteiger charge is 2.29. The number of hydrogen-bond donors (Lipinski definition) is 2. The first-order valence-electron chi connectivity index (χ1n) is 6.73. The lowest BCUT2D eigenvalue weighted by atomic mass is 10.0. The van der Waals surface area contributed by atoms with Gasteiger partial charge in [0.15, 0.2) is 0 Å². The van der Waals surface area contributed by atoms with Gasteiger partial charge in [0.2, 0.25) is 0 Å². The van der Waals surface area contributed by atoms with E-state index in [4.69, 9.17) is 0 Å². The minimum absolute atomic E-state index is 0.407. The molecule has 1 unspecified atom stereocenters. The molecule has 2 aliphatic rings. The second-order valence-corrected chi connectivity index (χ2v) is 7.76. The molecule has 18 heavy (non-hydrogen) atoms. The summed E-state index contributed by atoms with van der Waals surface area (Å²) < 4.78 is 0.407.